The second kappa shape index (κ2) is 7.31. The van der Waals surface area contributed by atoms with E-state index in [9.17, 15) is 4.79 Å². The highest BCUT2D eigenvalue weighted by Gasteiger charge is 2.15. The van der Waals surface area contributed by atoms with Gasteiger partial charge in [0.15, 0.2) is 0 Å². The van der Waals surface area contributed by atoms with Crippen molar-refractivity contribution in [2.24, 2.45) is 0 Å². The van der Waals surface area contributed by atoms with E-state index in [-0.39, 0.29) is 5.56 Å². The summed E-state index contributed by atoms with van der Waals surface area (Å²) in [6, 6.07) is 19.8. The van der Waals surface area contributed by atoms with Gasteiger partial charge in [0.05, 0.1) is 18.2 Å². The van der Waals surface area contributed by atoms with Crippen LogP contribution in [-0.4, -0.2) is 16.7 Å². The van der Waals surface area contributed by atoms with Gasteiger partial charge in [-0.05, 0) is 48.6 Å². The van der Waals surface area contributed by atoms with Crippen LogP contribution in [0, 0.1) is 6.92 Å². The van der Waals surface area contributed by atoms with Gasteiger partial charge < -0.3 is 4.74 Å². The van der Waals surface area contributed by atoms with Crippen LogP contribution < -0.4 is 10.3 Å². The van der Waals surface area contributed by atoms with Gasteiger partial charge in [0.25, 0.3) is 5.56 Å². The molecule has 0 radical (unpaired) electrons. The zero-order chi connectivity index (χ0) is 19.7. The summed E-state index contributed by atoms with van der Waals surface area (Å²) in [5.41, 5.74) is 4.40. The maximum atomic E-state index is 13.6. The highest BCUT2D eigenvalue weighted by molar-refractivity contribution is 5.96. The van der Waals surface area contributed by atoms with Crippen molar-refractivity contribution in [3.8, 4) is 22.6 Å². The van der Waals surface area contributed by atoms with Gasteiger partial charge in [-0.1, -0.05) is 43.3 Å². The van der Waals surface area contributed by atoms with Gasteiger partial charge in [-0.25, -0.2) is 0 Å². The molecule has 0 bridgehead atoms. The zero-order valence-electron chi connectivity index (χ0n) is 16.3. The van der Waals surface area contributed by atoms with Crippen LogP contribution in [0.25, 0.3) is 27.6 Å². The van der Waals surface area contributed by atoms with E-state index in [1.807, 2.05) is 66.1 Å². The van der Waals surface area contributed by atoms with Crippen LogP contribution >= 0.6 is 0 Å². The molecule has 0 amide bonds. The Bertz CT molecular complexity index is 1210. The molecule has 2 aromatic heterocycles. The van der Waals surface area contributed by atoms with E-state index in [0.717, 1.165) is 40.0 Å². The van der Waals surface area contributed by atoms with Crippen molar-refractivity contribution < 1.29 is 4.74 Å². The number of pyridine rings is 2. The minimum absolute atomic E-state index is 0.0179. The van der Waals surface area contributed by atoms with Crippen LogP contribution in [-0.2, 0) is 6.42 Å². The third-order valence-electron chi connectivity index (χ3n) is 5.07. The van der Waals surface area contributed by atoms with Gasteiger partial charge in [0, 0.05) is 23.1 Å². The Morgan fingerprint density at radius 1 is 1.04 bits per heavy atom. The number of hydrogen-bond acceptors (Lipinski definition) is 3. The number of aromatic nitrogens is 2. The summed E-state index contributed by atoms with van der Waals surface area (Å²) >= 11 is 0. The molecule has 4 heteroatoms. The van der Waals surface area contributed by atoms with Gasteiger partial charge in [-0.15, -0.1) is 0 Å². The monoisotopic (exact) mass is 370 g/mol. The number of rotatable bonds is 4. The SMILES string of the molecule is CCc1cc2cccc(-c3cnc(C)c(OC)c3)c2c(=O)n1-c1ccccc1. The van der Waals surface area contributed by atoms with E-state index in [1.54, 1.807) is 13.3 Å². The fraction of sp³-hybridized carbons (Fsp3) is 0.167. The standard InChI is InChI=1S/C24H22N2O2/c1-4-19-13-17-9-8-12-21(18-14-22(28-3)16(2)25-15-18)23(17)24(27)26(19)20-10-6-5-7-11-20/h5-15H,4H2,1-3H3. The van der Waals surface area contributed by atoms with Crippen molar-refractivity contribution in [3.05, 3.63) is 88.6 Å². The summed E-state index contributed by atoms with van der Waals surface area (Å²) < 4.78 is 7.24. The van der Waals surface area contributed by atoms with E-state index in [1.165, 1.54) is 0 Å². The molecule has 2 heterocycles. The number of aryl methyl sites for hydroxylation is 2. The molecule has 0 aliphatic carbocycles. The smallest absolute Gasteiger partial charge is 0.263 e. The van der Waals surface area contributed by atoms with Crippen LogP contribution in [0.1, 0.15) is 18.3 Å². The first kappa shape index (κ1) is 18.0. The fourth-order valence-corrected chi connectivity index (χ4v) is 3.64. The number of para-hydroxylation sites is 1. The average molecular weight is 370 g/mol. The Morgan fingerprint density at radius 3 is 2.54 bits per heavy atom. The first-order valence-electron chi connectivity index (χ1n) is 9.38. The van der Waals surface area contributed by atoms with E-state index >= 15 is 0 Å². The predicted molar refractivity (Wildman–Crippen MR) is 113 cm³/mol. The van der Waals surface area contributed by atoms with Crippen molar-refractivity contribution in [3.63, 3.8) is 0 Å². The summed E-state index contributed by atoms with van der Waals surface area (Å²) in [4.78, 5) is 18.1. The quantitative estimate of drug-likeness (QED) is 0.511. The Labute approximate surface area is 164 Å². The minimum Gasteiger partial charge on any atom is -0.495 e. The van der Waals surface area contributed by atoms with Crippen LogP contribution in [0.4, 0.5) is 0 Å². The largest absolute Gasteiger partial charge is 0.495 e. The molecule has 4 aromatic rings. The molecule has 0 saturated heterocycles. The topological polar surface area (TPSA) is 44.1 Å². The molecule has 0 fully saturated rings. The molecule has 0 spiro atoms. The lowest BCUT2D eigenvalue weighted by atomic mass is 9.99. The molecule has 0 aliphatic heterocycles. The number of ether oxygens (including phenoxy) is 1. The number of fused-ring (bicyclic) bond motifs is 1. The number of hydrogen-bond donors (Lipinski definition) is 0. The van der Waals surface area contributed by atoms with Crippen molar-refractivity contribution in [2.75, 3.05) is 7.11 Å². The predicted octanol–water partition coefficient (Wildman–Crippen LogP) is 4.93. The Kier molecular flexibility index (Phi) is 4.70. The summed E-state index contributed by atoms with van der Waals surface area (Å²) in [6.07, 6.45) is 2.57. The average Bonchev–Trinajstić information content (AvgIpc) is 2.74. The molecule has 28 heavy (non-hydrogen) atoms. The highest BCUT2D eigenvalue weighted by Crippen LogP contribution is 2.30. The van der Waals surface area contributed by atoms with E-state index in [2.05, 4.69) is 18.0 Å². The van der Waals surface area contributed by atoms with Crippen LogP contribution in [0.2, 0.25) is 0 Å². The maximum Gasteiger partial charge on any atom is 0.263 e. The molecule has 0 saturated carbocycles. The molecule has 0 N–H and O–H groups in total. The molecule has 0 atom stereocenters. The van der Waals surface area contributed by atoms with Crippen molar-refractivity contribution >= 4 is 10.8 Å². The Morgan fingerprint density at radius 2 is 1.82 bits per heavy atom. The molecule has 0 unspecified atom stereocenters. The van der Waals surface area contributed by atoms with Gasteiger partial charge in [0.1, 0.15) is 5.75 Å². The molecule has 4 rings (SSSR count). The third kappa shape index (κ3) is 2.97. The lowest BCUT2D eigenvalue weighted by Gasteiger charge is -2.16. The van der Waals surface area contributed by atoms with Crippen LogP contribution in [0.15, 0.2) is 71.7 Å². The van der Waals surface area contributed by atoms with E-state index in [0.29, 0.717) is 11.1 Å². The second-order valence-electron chi connectivity index (χ2n) is 6.75. The first-order valence-corrected chi connectivity index (χ1v) is 9.38. The lowest BCUT2D eigenvalue weighted by molar-refractivity contribution is 0.409. The molecule has 2 aromatic carbocycles. The number of nitrogens with zero attached hydrogens (tertiary/aromatic N) is 2. The summed E-state index contributed by atoms with van der Waals surface area (Å²) in [7, 11) is 1.63. The molecule has 4 nitrogen and oxygen atoms in total. The molecule has 140 valence electrons. The van der Waals surface area contributed by atoms with Gasteiger partial charge in [-0.2, -0.15) is 0 Å². The van der Waals surface area contributed by atoms with Crippen LogP contribution in [0.3, 0.4) is 0 Å². The Hall–Kier alpha value is -3.40. The highest BCUT2D eigenvalue weighted by atomic mass is 16.5. The normalized spacial score (nSPS) is 11.0. The molecular weight excluding hydrogens is 348 g/mol. The third-order valence-corrected chi connectivity index (χ3v) is 5.07. The maximum absolute atomic E-state index is 13.6. The Balaban J connectivity index is 2.06. The van der Waals surface area contributed by atoms with E-state index < -0.39 is 0 Å². The number of methoxy groups -OCH3 is 1. The van der Waals surface area contributed by atoms with Crippen molar-refractivity contribution in [1.29, 1.82) is 0 Å². The second-order valence-corrected chi connectivity index (χ2v) is 6.75. The fourth-order valence-electron chi connectivity index (χ4n) is 3.64. The van der Waals surface area contributed by atoms with Crippen molar-refractivity contribution in [2.45, 2.75) is 20.3 Å². The van der Waals surface area contributed by atoms with Crippen LogP contribution in [0.5, 0.6) is 5.75 Å². The van der Waals surface area contributed by atoms with Gasteiger partial charge in [-0.3, -0.25) is 14.3 Å². The summed E-state index contributed by atoms with van der Waals surface area (Å²) in [5.74, 6) is 0.711. The minimum atomic E-state index is -0.0179. The number of benzene rings is 2. The first-order chi connectivity index (χ1) is 13.6. The lowest BCUT2D eigenvalue weighted by Crippen LogP contribution is -2.22. The summed E-state index contributed by atoms with van der Waals surface area (Å²) in [6.45, 7) is 3.97. The molecule has 0 aliphatic rings. The van der Waals surface area contributed by atoms with Gasteiger partial charge >= 0.3 is 0 Å². The van der Waals surface area contributed by atoms with Crippen molar-refractivity contribution in [1.82, 2.24) is 9.55 Å². The van der Waals surface area contributed by atoms with Gasteiger partial charge in [0.2, 0.25) is 0 Å². The zero-order valence-corrected chi connectivity index (χ0v) is 16.3. The van der Waals surface area contributed by atoms with E-state index in [4.69, 9.17) is 4.74 Å². The molecular formula is C24H22N2O2. The summed E-state index contributed by atoms with van der Waals surface area (Å²) in [5, 5.41) is 1.63.